The maximum atomic E-state index is 10.8. The fourth-order valence-electron chi connectivity index (χ4n) is 0.781. The predicted octanol–water partition coefficient (Wildman–Crippen LogP) is -0.249. The van der Waals surface area contributed by atoms with Crippen LogP contribution in [-0.2, 0) is 13.7 Å². The van der Waals surface area contributed by atoms with E-state index in [1.807, 2.05) is 0 Å². The van der Waals surface area contributed by atoms with Crippen LogP contribution in [0.2, 0.25) is 0 Å². The first-order chi connectivity index (χ1) is 6.75. The van der Waals surface area contributed by atoms with Crippen LogP contribution in [0.25, 0.3) is 0 Å². The van der Waals surface area contributed by atoms with Crippen LogP contribution >= 0.6 is 22.8 Å². The molecular formula is C4H11O9P3. The highest BCUT2D eigenvalue weighted by molar-refractivity contribution is 7.62. The first-order valence-electron chi connectivity index (χ1n) is 3.61. The summed E-state index contributed by atoms with van der Waals surface area (Å²) in [5.74, 6) is 0. The van der Waals surface area contributed by atoms with Gasteiger partial charge in [0.25, 0.3) is 0 Å². The SMILES string of the molecule is CC(=C(CP(=O)(O)O)P(=O)(O)O)P(=O)(O)O. The van der Waals surface area contributed by atoms with Gasteiger partial charge >= 0.3 is 22.8 Å². The first-order valence-corrected chi connectivity index (χ1v) is 8.64. The van der Waals surface area contributed by atoms with E-state index < -0.39 is 39.6 Å². The van der Waals surface area contributed by atoms with Crippen LogP contribution in [0, 0.1) is 0 Å². The van der Waals surface area contributed by atoms with Gasteiger partial charge in [0.1, 0.15) is 0 Å². The van der Waals surface area contributed by atoms with Crippen molar-refractivity contribution in [3.63, 3.8) is 0 Å². The summed E-state index contributed by atoms with van der Waals surface area (Å²) in [6.45, 7) is 0.713. The summed E-state index contributed by atoms with van der Waals surface area (Å²) in [6, 6.07) is 0. The van der Waals surface area contributed by atoms with Gasteiger partial charge in [-0.1, -0.05) is 0 Å². The van der Waals surface area contributed by atoms with E-state index in [1.165, 1.54) is 0 Å². The minimum absolute atomic E-state index is 0.713. The normalized spacial score (nSPS) is 15.9. The minimum atomic E-state index is -5.13. The van der Waals surface area contributed by atoms with Crippen molar-refractivity contribution < 1.29 is 43.1 Å². The van der Waals surface area contributed by atoms with E-state index in [2.05, 4.69) is 0 Å². The quantitative estimate of drug-likeness (QED) is 0.382. The lowest BCUT2D eigenvalue weighted by molar-refractivity contribution is 0.365. The molecule has 0 aromatic carbocycles. The van der Waals surface area contributed by atoms with Crippen LogP contribution in [-0.4, -0.2) is 35.5 Å². The Morgan fingerprint density at radius 1 is 0.875 bits per heavy atom. The molecule has 0 rings (SSSR count). The topological polar surface area (TPSA) is 173 Å². The van der Waals surface area contributed by atoms with Gasteiger partial charge < -0.3 is 29.4 Å². The molecule has 0 aromatic rings. The van der Waals surface area contributed by atoms with E-state index in [4.69, 9.17) is 29.4 Å². The second-order valence-electron chi connectivity index (χ2n) is 2.94. The predicted molar refractivity (Wildman–Crippen MR) is 53.7 cm³/mol. The highest BCUT2D eigenvalue weighted by Crippen LogP contribution is 2.59. The third-order valence-corrected chi connectivity index (χ3v) is 5.06. The Hall–Kier alpha value is 0.190. The summed E-state index contributed by atoms with van der Waals surface area (Å²) >= 11 is 0. The number of hydrogen-bond donors (Lipinski definition) is 6. The molecule has 12 heteroatoms. The van der Waals surface area contributed by atoms with Gasteiger partial charge in [0.15, 0.2) is 0 Å². The molecule has 9 nitrogen and oxygen atoms in total. The van der Waals surface area contributed by atoms with Gasteiger partial charge in [0, 0.05) is 0 Å². The third-order valence-electron chi connectivity index (χ3n) is 1.56. The van der Waals surface area contributed by atoms with Crippen molar-refractivity contribution in [1.29, 1.82) is 0 Å². The van der Waals surface area contributed by atoms with Crippen LogP contribution in [0.1, 0.15) is 6.92 Å². The smallest absolute Gasteiger partial charge is 0.324 e. The number of rotatable bonds is 4. The van der Waals surface area contributed by atoms with E-state index in [0.29, 0.717) is 6.92 Å². The van der Waals surface area contributed by atoms with Gasteiger partial charge in [0.2, 0.25) is 0 Å². The van der Waals surface area contributed by atoms with Crippen molar-refractivity contribution in [3.8, 4) is 0 Å². The van der Waals surface area contributed by atoms with E-state index in [9.17, 15) is 13.7 Å². The van der Waals surface area contributed by atoms with Crippen LogP contribution in [0.5, 0.6) is 0 Å². The van der Waals surface area contributed by atoms with Crippen molar-refractivity contribution >= 4 is 22.8 Å². The maximum Gasteiger partial charge on any atom is 0.353 e. The van der Waals surface area contributed by atoms with Gasteiger partial charge in [0.05, 0.1) is 16.8 Å². The molecule has 0 bridgehead atoms. The Morgan fingerprint density at radius 3 is 1.44 bits per heavy atom. The standard InChI is InChI=1S/C4H11O9P3/c1-3(15(8,9)10)4(16(11,12)13)2-14(5,6)7/h2H2,1H3,(H2,5,6,7)(H2,8,9,10)(H2,11,12,13). The van der Waals surface area contributed by atoms with Crippen LogP contribution < -0.4 is 0 Å². The highest BCUT2D eigenvalue weighted by Gasteiger charge is 2.35. The summed E-state index contributed by atoms with van der Waals surface area (Å²) in [6.07, 6.45) is -1.39. The molecule has 6 N–H and O–H groups in total. The molecule has 0 atom stereocenters. The van der Waals surface area contributed by atoms with E-state index in [1.54, 1.807) is 0 Å². The fourth-order valence-corrected chi connectivity index (χ4v) is 4.44. The zero-order valence-corrected chi connectivity index (χ0v) is 10.6. The minimum Gasteiger partial charge on any atom is -0.324 e. The molecule has 0 saturated carbocycles. The maximum absolute atomic E-state index is 10.8. The second-order valence-corrected chi connectivity index (χ2v) is 7.98. The molecule has 0 aliphatic heterocycles. The van der Waals surface area contributed by atoms with Crippen LogP contribution in [0.3, 0.4) is 0 Å². The molecule has 0 heterocycles. The highest BCUT2D eigenvalue weighted by atomic mass is 31.2. The number of allylic oxidation sites excluding steroid dienone is 2. The summed E-state index contributed by atoms with van der Waals surface area (Å²) < 4.78 is 32.2. The zero-order chi connectivity index (χ0) is 13.4. The van der Waals surface area contributed by atoms with Crippen LogP contribution in [0.4, 0.5) is 0 Å². The summed E-state index contributed by atoms with van der Waals surface area (Å²) in [4.78, 5) is 51.9. The van der Waals surface area contributed by atoms with Gasteiger partial charge in [-0.25, -0.2) is 0 Å². The monoisotopic (exact) mass is 296 g/mol. The summed E-state index contributed by atoms with van der Waals surface area (Å²) in [5.41, 5.74) is 0. The van der Waals surface area contributed by atoms with Crippen molar-refractivity contribution in [1.82, 2.24) is 0 Å². The molecule has 0 aromatic heterocycles. The molecule has 0 radical (unpaired) electrons. The first kappa shape index (κ1) is 16.2. The van der Waals surface area contributed by atoms with E-state index in [-0.39, 0.29) is 0 Å². The van der Waals surface area contributed by atoms with Crippen LogP contribution in [0.15, 0.2) is 10.6 Å². The van der Waals surface area contributed by atoms with E-state index in [0.717, 1.165) is 0 Å². The molecule has 96 valence electrons. The van der Waals surface area contributed by atoms with Crippen molar-refractivity contribution in [3.05, 3.63) is 10.6 Å². The molecule has 0 amide bonds. The largest absolute Gasteiger partial charge is 0.353 e. The third kappa shape index (κ3) is 5.50. The Morgan fingerprint density at radius 2 is 1.25 bits per heavy atom. The average molecular weight is 296 g/mol. The van der Waals surface area contributed by atoms with Crippen molar-refractivity contribution in [2.45, 2.75) is 6.92 Å². The van der Waals surface area contributed by atoms with Crippen molar-refractivity contribution in [2.24, 2.45) is 0 Å². The Labute approximate surface area is 90.3 Å². The molecular weight excluding hydrogens is 285 g/mol. The lowest BCUT2D eigenvalue weighted by atomic mass is 10.6. The molecule has 0 spiro atoms. The van der Waals surface area contributed by atoms with Gasteiger partial charge in [-0.3, -0.25) is 13.7 Å². The molecule has 0 aliphatic carbocycles. The Balaban J connectivity index is 5.73. The molecule has 16 heavy (non-hydrogen) atoms. The average Bonchev–Trinajstić information content (AvgIpc) is 1.93. The molecule has 0 aliphatic rings. The molecule has 0 fully saturated rings. The Kier molecular flexibility index (Phi) is 4.88. The lowest BCUT2D eigenvalue weighted by Gasteiger charge is -2.15. The Bertz CT molecular complexity index is 432. The second kappa shape index (κ2) is 4.82. The van der Waals surface area contributed by atoms with E-state index >= 15 is 0 Å². The summed E-state index contributed by atoms with van der Waals surface area (Å²) in [7, 11) is -14.9. The zero-order valence-electron chi connectivity index (χ0n) is 7.96. The van der Waals surface area contributed by atoms with Gasteiger partial charge in [-0.05, 0) is 6.92 Å². The molecule has 0 unspecified atom stereocenters. The number of hydrogen-bond acceptors (Lipinski definition) is 3. The molecule has 0 saturated heterocycles. The van der Waals surface area contributed by atoms with Gasteiger partial charge in [-0.2, -0.15) is 0 Å². The fraction of sp³-hybridized carbons (Fsp3) is 0.500. The van der Waals surface area contributed by atoms with Gasteiger partial charge in [-0.15, -0.1) is 0 Å². The lowest BCUT2D eigenvalue weighted by Crippen LogP contribution is -1.99. The summed E-state index contributed by atoms with van der Waals surface area (Å²) in [5, 5.41) is -2.25. The van der Waals surface area contributed by atoms with Crippen molar-refractivity contribution in [2.75, 3.05) is 6.16 Å².